The number of fused-ring (bicyclic) bond motifs is 1. The highest BCUT2D eigenvalue weighted by atomic mass is 16.2. The van der Waals surface area contributed by atoms with Gasteiger partial charge in [-0.25, -0.2) is 0 Å². The van der Waals surface area contributed by atoms with E-state index in [1.165, 1.54) is 0 Å². The first-order valence-corrected chi connectivity index (χ1v) is 8.25. The molecule has 1 aromatic heterocycles. The van der Waals surface area contributed by atoms with Crippen molar-refractivity contribution in [2.75, 3.05) is 5.32 Å². The number of anilines is 1. The maximum Gasteiger partial charge on any atom is 0.273 e. The highest BCUT2D eigenvalue weighted by Gasteiger charge is 2.22. The van der Waals surface area contributed by atoms with Crippen LogP contribution >= 0.6 is 0 Å². The van der Waals surface area contributed by atoms with Gasteiger partial charge >= 0.3 is 0 Å². The molecule has 0 aliphatic heterocycles. The number of amides is 1. The van der Waals surface area contributed by atoms with Gasteiger partial charge in [0, 0.05) is 17.2 Å². The molecule has 126 valence electrons. The average molecular weight is 326 g/mol. The Balaban J connectivity index is 1.91. The minimum absolute atomic E-state index is 0.137. The summed E-state index contributed by atoms with van der Waals surface area (Å²) >= 11 is 0. The molecule has 1 aliphatic carbocycles. The van der Waals surface area contributed by atoms with E-state index < -0.39 is 0 Å². The molecule has 2 aromatic rings. The monoisotopic (exact) mass is 326 g/mol. The van der Waals surface area contributed by atoms with Crippen LogP contribution in [0.15, 0.2) is 12.1 Å². The molecule has 4 N–H and O–H groups in total. The van der Waals surface area contributed by atoms with E-state index in [1.54, 1.807) is 6.07 Å². The number of rotatable bonds is 4. The number of carbonyl (C=O) groups is 2. The molecular formula is C18H22N4O2. The highest BCUT2D eigenvalue weighted by Crippen LogP contribution is 2.29. The van der Waals surface area contributed by atoms with Crippen molar-refractivity contribution >= 4 is 17.9 Å². The Bertz CT molecular complexity index is 795. The Morgan fingerprint density at radius 2 is 2.29 bits per heavy atom. The molecule has 0 spiro atoms. The Labute approximate surface area is 140 Å². The number of hydrogen-bond acceptors (Lipinski definition) is 4. The number of nitrogens with two attached hydrogens (primary N) is 1. The van der Waals surface area contributed by atoms with Crippen molar-refractivity contribution in [1.82, 2.24) is 10.2 Å². The van der Waals surface area contributed by atoms with Crippen LogP contribution in [0.2, 0.25) is 0 Å². The van der Waals surface area contributed by atoms with E-state index in [0.717, 1.165) is 54.4 Å². The molecule has 1 amide bonds. The SMILES string of the molecule is CCc1n[nH]c(C(=O)Nc2ccc3c(c2C=O)CC[C@H](N)C3)c1C. The molecule has 0 radical (unpaired) electrons. The number of carbonyl (C=O) groups excluding carboxylic acids is 2. The number of benzene rings is 1. The first-order chi connectivity index (χ1) is 11.5. The van der Waals surface area contributed by atoms with Crippen LogP contribution in [0.4, 0.5) is 5.69 Å². The van der Waals surface area contributed by atoms with Crippen molar-refractivity contribution in [2.45, 2.75) is 45.6 Å². The average Bonchev–Trinajstić information content (AvgIpc) is 2.95. The van der Waals surface area contributed by atoms with Gasteiger partial charge in [0.05, 0.1) is 11.4 Å². The minimum Gasteiger partial charge on any atom is -0.327 e. The van der Waals surface area contributed by atoms with E-state index in [4.69, 9.17) is 5.73 Å². The van der Waals surface area contributed by atoms with Crippen molar-refractivity contribution in [2.24, 2.45) is 5.73 Å². The largest absolute Gasteiger partial charge is 0.327 e. The molecule has 0 saturated heterocycles. The lowest BCUT2D eigenvalue weighted by Gasteiger charge is -2.24. The predicted octanol–water partition coefficient (Wildman–Crippen LogP) is 2.16. The van der Waals surface area contributed by atoms with E-state index >= 15 is 0 Å². The zero-order valence-corrected chi connectivity index (χ0v) is 14.0. The van der Waals surface area contributed by atoms with Gasteiger partial charge in [0.15, 0.2) is 6.29 Å². The number of nitrogens with zero attached hydrogens (tertiary/aromatic N) is 1. The second kappa shape index (κ2) is 6.57. The summed E-state index contributed by atoms with van der Waals surface area (Å²) in [5.74, 6) is -0.282. The van der Waals surface area contributed by atoms with Crippen molar-refractivity contribution in [3.63, 3.8) is 0 Å². The van der Waals surface area contributed by atoms with Crippen LogP contribution < -0.4 is 11.1 Å². The van der Waals surface area contributed by atoms with Gasteiger partial charge in [-0.3, -0.25) is 14.7 Å². The van der Waals surface area contributed by atoms with Gasteiger partial charge in [-0.2, -0.15) is 5.10 Å². The summed E-state index contributed by atoms with van der Waals surface area (Å²) in [6.07, 6.45) is 3.96. The van der Waals surface area contributed by atoms with Gasteiger partial charge < -0.3 is 11.1 Å². The number of H-pyrrole nitrogens is 1. The molecule has 0 bridgehead atoms. The minimum atomic E-state index is -0.282. The fourth-order valence-corrected chi connectivity index (χ4v) is 3.34. The third-order valence-corrected chi connectivity index (χ3v) is 4.74. The molecule has 3 rings (SSSR count). The molecule has 1 aromatic carbocycles. The standard InChI is InChI=1S/C18H22N4O2/c1-3-15-10(2)17(22-21-15)18(24)20-16-7-4-11-8-12(19)5-6-13(11)14(16)9-23/h4,7,9,12H,3,5-6,8,19H2,1-2H3,(H,20,24)(H,21,22)/t12-/m0/s1. The summed E-state index contributed by atoms with van der Waals surface area (Å²) in [6.45, 7) is 3.86. The predicted molar refractivity (Wildman–Crippen MR) is 92.5 cm³/mol. The first kappa shape index (κ1) is 16.4. The maximum atomic E-state index is 12.5. The number of aromatic amines is 1. The normalized spacial score (nSPS) is 16.5. The van der Waals surface area contributed by atoms with Gasteiger partial charge in [0.25, 0.3) is 5.91 Å². The molecule has 0 saturated carbocycles. The lowest BCUT2D eigenvalue weighted by Crippen LogP contribution is -2.28. The van der Waals surface area contributed by atoms with Crippen molar-refractivity contribution in [3.05, 3.63) is 45.8 Å². The summed E-state index contributed by atoms with van der Waals surface area (Å²) in [6, 6.07) is 3.87. The molecule has 0 fully saturated rings. The molecule has 6 heteroatoms. The third-order valence-electron chi connectivity index (χ3n) is 4.74. The molecule has 24 heavy (non-hydrogen) atoms. The summed E-state index contributed by atoms with van der Waals surface area (Å²) in [4.78, 5) is 24.1. The maximum absolute atomic E-state index is 12.5. The molecule has 1 aliphatic rings. The summed E-state index contributed by atoms with van der Waals surface area (Å²) in [5.41, 5.74) is 11.3. The van der Waals surface area contributed by atoms with E-state index in [-0.39, 0.29) is 11.9 Å². The molecule has 6 nitrogen and oxygen atoms in total. The summed E-state index contributed by atoms with van der Waals surface area (Å²) in [7, 11) is 0. The Morgan fingerprint density at radius 1 is 1.50 bits per heavy atom. The van der Waals surface area contributed by atoms with Crippen LogP contribution in [-0.2, 0) is 19.3 Å². The van der Waals surface area contributed by atoms with Crippen molar-refractivity contribution in [3.8, 4) is 0 Å². The zero-order valence-electron chi connectivity index (χ0n) is 14.0. The number of hydrogen-bond donors (Lipinski definition) is 3. The van der Waals surface area contributed by atoms with Crippen LogP contribution in [0.5, 0.6) is 0 Å². The van der Waals surface area contributed by atoms with Crippen LogP contribution in [0.1, 0.15) is 56.6 Å². The molecule has 1 atom stereocenters. The second-order valence-electron chi connectivity index (χ2n) is 6.26. The van der Waals surface area contributed by atoms with Crippen molar-refractivity contribution in [1.29, 1.82) is 0 Å². The number of aromatic nitrogens is 2. The Kier molecular flexibility index (Phi) is 4.49. The van der Waals surface area contributed by atoms with Crippen molar-refractivity contribution < 1.29 is 9.59 Å². The lowest BCUT2D eigenvalue weighted by atomic mass is 9.85. The quantitative estimate of drug-likeness (QED) is 0.749. The zero-order chi connectivity index (χ0) is 17.3. The Morgan fingerprint density at radius 3 is 2.96 bits per heavy atom. The van der Waals surface area contributed by atoms with Gasteiger partial charge in [-0.05, 0) is 49.8 Å². The van der Waals surface area contributed by atoms with Crippen LogP contribution in [0.3, 0.4) is 0 Å². The van der Waals surface area contributed by atoms with E-state index in [0.29, 0.717) is 16.9 Å². The molecule has 1 heterocycles. The Hall–Kier alpha value is -2.47. The lowest BCUT2D eigenvalue weighted by molar-refractivity contribution is 0.102. The summed E-state index contributed by atoms with van der Waals surface area (Å²) in [5, 5.41) is 9.78. The molecule has 0 unspecified atom stereocenters. The van der Waals surface area contributed by atoms with Gasteiger partial charge in [0.2, 0.25) is 0 Å². The van der Waals surface area contributed by atoms with E-state index in [1.807, 2.05) is 19.9 Å². The topological polar surface area (TPSA) is 101 Å². The second-order valence-corrected chi connectivity index (χ2v) is 6.26. The van der Waals surface area contributed by atoms with Crippen LogP contribution in [-0.4, -0.2) is 28.4 Å². The first-order valence-electron chi connectivity index (χ1n) is 8.25. The smallest absolute Gasteiger partial charge is 0.273 e. The number of aldehydes is 1. The van der Waals surface area contributed by atoms with Gasteiger partial charge in [-0.1, -0.05) is 13.0 Å². The van der Waals surface area contributed by atoms with Crippen LogP contribution in [0, 0.1) is 6.92 Å². The van der Waals surface area contributed by atoms with E-state index in [2.05, 4.69) is 15.5 Å². The van der Waals surface area contributed by atoms with Gasteiger partial charge in [0.1, 0.15) is 5.69 Å². The summed E-state index contributed by atoms with van der Waals surface area (Å²) < 4.78 is 0. The van der Waals surface area contributed by atoms with E-state index in [9.17, 15) is 9.59 Å². The van der Waals surface area contributed by atoms with Gasteiger partial charge in [-0.15, -0.1) is 0 Å². The fraction of sp³-hybridized carbons (Fsp3) is 0.389. The molecular weight excluding hydrogens is 304 g/mol. The highest BCUT2D eigenvalue weighted by molar-refractivity contribution is 6.06. The fourth-order valence-electron chi connectivity index (χ4n) is 3.34. The third kappa shape index (κ3) is 2.85. The number of nitrogens with one attached hydrogen (secondary N) is 2. The number of aryl methyl sites for hydroxylation is 1. The van der Waals surface area contributed by atoms with Crippen LogP contribution in [0.25, 0.3) is 0 Å².